The van der Waals surface area contributed by atoms with E-state index in [-0.39, 0.29) is 12.5 Å². The lowest BCUT2D eigenvalue weighted by Crippen LogP contribution is -2.20. The van der Waals surface area contributed by atoms with Crippen LogP contribution in [0.3, 0.4) is 0 Å². The molecule has 0 saturated heterocycles. The molecule has 1 amide bonds. The summed E-state index contributed by atoms with van der Waals surface area (Å²) in [4.78, 5) is 13.6. The summed E-state index contributed by atoms with van der Waals surface area (Å²) < 4.78 is 11.4. The number of anilines is 1. The quantitative estimate of drug-likeness (QED) is 0.547. The Morgan fingerprint density at radius 1 is 1.13 bits per heavy atom. The minimum Gasteiger partial charge on any atom is -0.489 e. The number of carbonyl (C=O) groups is 1. The summed E-state index contributed by atoms with van der Waals surface area (Å²) in [7, 11) is 0. The molecule has 1 aliphatic carbocycles. The molecular formula is C25H24N2O3S. The van der Waals surface area contributed by atoms with Gasteiger partial charge in [0.25, 0.3) is 5.91 Å². The molecule has 0 spiro atoms. The van der Waals surface area contributed by atoms with E-state index in [1.165, 1.54) is 16.2 Å². The van der Waals surface area contributed by atoms with Crippen LogP contribution in [-0.4, -0.2) is 12.5 Å². The third-order valence-electron chi connectivity index (χ3n) is 5.32. The number of carbonyl (C=O) groups excluding carboxylic acids is 1. The fourth-order valence-electron chi connectivity index (χ4n) is 3.64. The first-order valence-corrected chi connectivity index (χ1v) is 11.2. The summed E-state index contributed by atoms with van der Waals surface area (Å²) in [6.07, 6.45) is 2.96. The zero-order valence-electron chi connectivity index (χ0n) is 17.4. The Kier molecular flexibility index (Phi) is 6.54. The van der Waals surface area contributed by atoms with Crippen LogP contribution in [0.1, 0.15) is 34.9 Å². The molecule has 1 aliphatic rings. The number of thiophene rings is 1. The number of benzene rings is 2. The van der Waals surface area contributed by atoms with Gasteiger partial charge in [-0.05, 0) is 60.6 Å². The Bertz CT molecular complexity index is 1080. The Labute approximate surface area is 186 Å². The van der Waals surface area contributed by atoms with Gasteiger partial charge in [-0.1, -0.05) is 37.3 Å². The molecule has 6 heteroatoms. The van der Waals surface area contributed by atoms with Gasteiger partial charge in [-0.25, -0.2) is 0 Å². The predicted octanol–water partition coefficient (Wildman–Crippen LogP) is 5.34. The van der Waals surface area contributed by atoms with Gasteiger partial charge in [0, 0.05) is 4.88 Å². The molecule has 1 N–H and O–H groups in total. The Balaban J connectivity index is 1.30. The van der Waals surface area contributed by atoms with E-state index in [2.05, 4.69) is 18.3 Å². The van der Waals surface area contributed by atoms with Crippen LogP contribution in [0.4, 0.5) is 5.00 Å². The number of hydrogen-bond acceptors (Lipinski definition) is 5. The number of nitrogens with one attached hydrogen (secondary N) is 1. The fourth-order valence-corrected chi connectivity index (χ4v) is 5.02. The molecule has 0 radical (unpaired) electrons. The Hall–Kier alpha value is -3.30. The summed E-state index contributed by atoms with van der Waals surface area (Å²) in [6.45, 7) is 2.60. The highest BCUT2D eigenvalue weighted by molar-refractivity contribution is 7.16. The Morgan fingerprint density at radius 2 is 1.84 bits per heavy atom. The molecule has 1 heterocycles. The van der Waals surface area contributed by atoms with Gasteiger partial charge >= 0.3 is 0 Å². The average Bonchev–Trinajstić information content (AvgIpc) is 3.13. The lowest BCUT2D eigenvalue weighted by atomic mass is 9.89. The fraction of sp³-hybridized carbons (Fsp3) is 0.280. The van der Waals surface area contributed by atoms with Gasteiger partial charge in [0.05, 0.1) is 5.56 Å². The second kappa shape index (κ2) is 9.67. The van der Waals surface area contributed by atoms with Gasteiger partial charge in [0.15, 0.2) is 6.61 Å². The van der Waals surface area contributed by atoms with E-state index >= 15 is 0 Å². The lowest BCUT2D eigenvalue weighted by Gasteiger charge is -2.17. The van der Waals surface area contributed by atoms with Crippen LogP contribution in [0.5, 0.6) is 11.5 Å². The lowest BCUT2D eigenvalue weighted by molar-refractivity contribution is -0.118. The van der Waals surface area contributed by atoms with Gasteiger partial charge in [-0.3, -0.25) is 4.79 Å². The standard InChI is InChI=1S/C25H24N2O3S/c1-17-7-12-21-22(14-26)25(31-23(21)13-17)27-24(28)16-30-20-10-8-19(9-11-20)29-15-18-5-3-2-4-6-18/h2-6,8-11,17H,7,12-13,15-16H2,1H3,(H,27,28). The van der Waals surface area contributed by atoms with E-state index < -0.39 is 0 Å². The van der Waals surface area contributed by atoms with E-state index in [0.717, 1.165) is 36.1 Å². The van der Waals surface area contributed by atoms with Crippen molar-refractivity contribution in [3.8, 4) is 17.6 Å². The second-order valence-corrected chi connectivity index (χ2v) is 8.86. The number of rotatable bonds is 7. The number of ether oxygens (including phenoxy) is 2. The van der Waals surface area contributed by atoms with Gasteiger partial charge in [-0.15, -0.1) is 11.3 Å². The van der Waals surface area contributed by atoms with E-state index in [4.69, 9.17) is 9.47 Å². The van der Waals surface area contributed by atoms with Crippen LogP contribution >= 0.6 is 11.3 Å². The molecule has 1 aromatic heterocycles. The van der Waals surface area contributed by atoms with E-state index in [0.29, 0.717) is 28.8 Å². The number of fused-ring (bicyclic) bond motifs is 1. The van der Waals surface area contributed by atoms with Crippen LogP contribution in [0.15, 0.2) is 54.6 Å². The second-order valence-electron chi connectivity index (χ2n) is 7.75. The molecule has 3 aromatic rings. The Morgan fingerprint density at radius 3 is 2.55 bits per heavy atom. The van der Waals surface area contributed by atoms with Crippen LogP contribution in [0, 0.1) is 17.2 Å². The molecule has 0 aliphatic heterocycles. The highest BCUT2D eigenvalue weighted by atomic mass is 32.1. The summed E-state index contributed by atoms with van der Waals surface area (Å²) in [5, 5.41) is 13.1. The predicted molar refractivity (Wildman–Crippen MR) is 122 cm³/mol. The molecular weight excluding hydrogens is 408 g/mol. The maximum absolute atomic E-state index is 12.4. The molecule has 4 rings (SSSR count). The summed E-state index contributed by atoms with van der Waals surface area (Å²) in [5.74, 6) is 1.66. The topological polar surface area (TPSA) is 71.3 Å². The molecule has 2 aromatic carbocycles. The number of nitrogens with zero attached hydrogens (tertiary/aromatic N) is 1. The van der Waals surface area contributed by atoms with E-state index in [9.17, 15) is 10.1 Å². The minimum atomic E-state index is -0.271. The summed E-state index contributed by atoms with van der Waals surface area (Å²) in [5.41, 5.74) is 2.81. The number of amides is 1. The molecule has 158 valence electrons. The molecule has 31 heavy (non-hydrogen) atoms. The van der Waals surface area contributed by atoms with Crippen molar-refractivity contribution < 1.29 is 14.3 Å². The third-order valence-corrected chi connectivity index (χ3v) is 6.49. The van der Waals surface area contributed by atoms with Gasteiger partial charge in [-0.2, -0.15) is 5.26 Å². The van der Waals surface area contributed by atoms with Crippen LogP contribution in [-0.2, 0) is 24.2 Å². The minimum absolute atomic E-state index is 0.117. The van der Waals surface area contributed by atoms with Gasteiger partial charge in [0.1, 0.15) is 29.2 Å². The third kappa shape index (κ3) is 5.25. The molecule has 0 fully saturated rings. The van der Waals surface area contributed by atoms with Crippen LogP contribution in [0.25, 0.3) is 0 Å². The maximum Gasteiger partial charge on any atom is 0.262 e. The van der Waals surface area contributed by atoms with Crippen molar-refractivity contribution in [1.82, 2.24) is 0 Å². The summed E-state index contributed by atoms with van der Waals surface area (Å²) in [6, 6.07) is 19.4. The average molecular weight is 433 g/mol. The van der Waals surface area contributed by atoms with Crippen molar-refractivity contribution >= 4 is 22.2 Å². The van der Waals surface area contributed by atoms with Gasteiger partial charge in [0.2, 0.25) is 0 Å². The SMILES string of the molecule is CC1CCc2c(sc(NC(=O)COc3ccc(OCc4ccccc4)cc3)c2C#N)C1. The highest BCUT2D eigenvalue weighted by Gasteiger charge is 2.24. The first kappa shape index (κ1) is 21.0. The van der Waals surface area contributed by atoms with Crippen molar-refractivity contribution in [3.63, 3.8) is 0 Å². The van der Waals surface area contributed by atoms with E-state index in [1.54, 1.807) is 12.1 Å². The van der Waals surface area contributed by atoms with Gasteiger partial charge < -0.3 is 14.8 Å². The monoisotopic (exact) mass is 432 g/mol. The smallest absolute Gasteiger partial charge is 0.262 e. The molecule has 1 unspecified atom stereocenters. The highest BCUT2D eigenvalue weighted by Crippen LogP contribution is 2.39. The largest absolute Gasteiger partial charge is 0.489 e. The maximum atomic E-state index is 12.4. The molecule has 0 bridgehead atoms. The van der Waals surface area contributed by atoms with Crippen molar-refractivity contribution in [1.29, 1.82) is 5.26 Å². The van der Waals surface area contributed by atoms with E-state index in [1.807, 2.05) is 42.5 Å². The summed E-state index contributed by atoms with van der Waals surface area (Å²) >= 11 is 1.52. The van der Waals surface area contributed by atoms with Crippen molar-refractivity contribution in [2.24, 2.45) is 5.92 Å². The molecule has 5 nitrogen and oxygen atoms in total. The molecule has 1 atom stereocenters. The first-order chi connectivity index (χ1) is 15.1. The van der Waals surface area contributed by atoms with Crippen molar-refractivity contribution in [2.45, 2.75) is 32.8 Å². The van der Waals surface area contributed by atoms with Crippen LogP contribution < -0.4 is 14.8 Å². The van der Waals surface area contributed by atoms with Crippen molar-refractivity contribution in [2.75, 3.05) is 11.9 Å². The van der Waals surface area contributed by atoms with Crippen LogP contribution in [0.2, 0.25) is 0 Å². The number of hydrogen-bond donors (Lipinski definition) is 1. The zero-order valence-corrected chi connectivity index (χ0v) is 18.2. The zero-order chi connectivity index (χ0) is 21.6. The molecule has 0 saturated carbocycles. The first-order valence-electron chi connectivity index (χ1n) is 10.4. The van der Waals surface area contributed by atoms with Crippen molar-refractivity contribution in [3.05, 3.63) is 76.2 Å². The number of nitriles is 1. The normalized spacial score (nSPS) is 14.9.